The number of nitrogens with zero attached hydrogens (tertiary/aromatic N) is 5. The molecule has 0 aliphatic carbocycles. The van der Waals surface area contributed by atoms with E-state index in [1.54, 1.807) is 16.0 Å². The second kappa shape index (κ2) is 5.45. The molecule has 3 aromatic heterocycles. The number of halogens is 1. The van der Waals surface area contributed by atoms with Crippen LogP contribution in [0.1, 0.15) is 16.8 Å². The Morgan fingerprint density at radius 2 is 2.20 bits per heavy atom. The molecule has 0 radical (unpaired) electrons. The van der Waals surface area contributed by atoms with Gasteiger partial charge in [0.25, 0.3) is 0 Å². The topological polar surface area (TPSA) is 68.5 Å². The molecule has 20 heavy (non-hydrogen) atoms. The molecule has 0 fully saturated rings. The largest absolute Gasteiger partial charge is 0.363 e. The minimum absolute atomic E-state index is 0.651. The van der Waals surface area contributed by atoms with E-state index < -0.39 is 0 Å². The molecule has 0 bridgehead atoms. The number of aromatic nitrogens is 5. The van der Waals surface area contributed by atoms with E-state index in [0.29, 0.717) is 6.54 Å². The van der Waals surface area contributed by atoms with Crippen LogP contribution in [0.5, 0.6) is 0 Å². The third kappa shape index (κ3) is 2.40. The molecule has 0 unspecified atom stereocenters. The monoisotopic (exact) mass is 352 g/mol. The maximum absolute atomic E-state index is 4.39. The third-order valence-electron chi connectivity index (χ3n) is 2.93. The summed E-state index contributed by atoms with van der Waals surface area (Å²) in [5.41, 5.74) is 0.794. The Hall–Kier alpha value is -1.54. The fourth-order valence-electron chi connectivity index (χ4n) is 1.93. The van der Waals surface area contributed by atoms with Crippen molar-refractivity contribution in [3.8, 4) is 0 Å². The molecule has 0 aliphatic rings. The number of nitrogens with one attached hydrogen (secondary N) is 1. The van der Waals surface area contributed by atoms with Gasteiger partial charge in [-0.3, -0.25) is 0 Å². The molecule has 3 aromatic rings. The van der Waals surface area contributed by atoms with Crippen molar-refractivity contribution in [2.45, 2.75) is 19.9 Å². The highest BCUT2D eigenvalue weighted by Crippen LogP contribution is 2.27. The van der Waals surface area contributed by atoms with Gasteiger partial charge in [0, 0.05) is 18.1 Å². The molecule has 0 amide bonds. The Kier molecular flexibility index (Phi) is 3.66. The highest BCUT2D eigenvalue weighted by Gasteiger charge is 2.13. The van der Waals surface area contributed by atoms with E-state index in [4.69, 9.17) is 0 Å². The normalized spacial score (nSPS) is 11.2. The first-order valence-corrected chi connectivity index (χ1v) is 7.80. The van der Waals surface area contributed by atoms with Crippen LogP contribution >= 0.6 is 27.3 Å². The van der Waals surface area contributed by atoms with Crippen molar-refractivity contribution in [3.63, 3.8) is 0 Å². The predicted molar refractivity (Wildman–Crippen MR) is 82.8 cm³/mol. The summed E-state index contributed by atoms with van der Waals surface area (Å²) >= 11 is 5.16. The molecule has 0 saturated carbocycles. The average molecular weight is 353 g/mol. The van der Waals surface area contributed by atoms with Gasteiger partial charge in [0.1, 0.15) is 21.8 Å². The summed E-state index contributed by atoms with van der Waals surface area (Å²) in [4.78, 5) is 14.2. The Bertz CT molecular complexity index is 750. The van der Waals surface area contributed by atoms with Crippen molar-refractivity contribution in [2.75, 3.05) is 5.32 Å². The second-order valence-corrected chi connectivity index (χ2v) is 6.21. The third-order valence-corrected chi connectivity index (χ3v) is 4.63. The lowest BCUT2D eigenvalue weighted by Crippen LogP contribution is -2.02. The van der Waals surface area contributed by atoms with Crippen LogP contribution in [0.3, 0.4) is 0 Å². The van der Waals surface area contributed by atoms with Crippen molar-refractivity contribution >= 4 is 44.1 Å². The summed E-state index contributed by atoms with van der Waals surface area (Å²) in [5, 5.41) is 9.55. The van der Waals surface area contributed by atoms with Crippen LogP contribution in [0.25, 0.3) is 11.0 Å². The fourth-order valence-corrected chi connectivity index (χ4v) is 3.33. The van der Waals surface area contributed by atoms with Crippen molar-refractivity contribution in [1.29, 1.82) is 0 Å². The Labute approximate surface area is 128 Å². The number of hydrogen-bond acceptors (Lipinski definition) is 6. The average Bonchev–Trinajstić information content (AvgIpc) is 3.02. The first kappa shape index (κ1) is 13.4. The van der Waals surface area contributed by atoms with Gasteiger partial charge < -0.3 is 5.32 Å². The van der Waals surface area contributed by atoms with Gasteiger partial charge in [-0.1, -0.05) is 6.92 Å². The highest BCUT2D eigenvalue weighted by molar-refractivity contribution is 9.10. The molecule has 6 nitrogen and oxygen atoms in total. The van der Waals surface area contributed by atoms with Crippen LogP contribution in [0.2, 0.25) is 0 Å². The zero-order chi connectivity index (χ0) is 14.1. The van der Waals surface area contributed by atoms with Crippen LogP contribution in [0, 0.1) is 0 Å². The number of hydrogen-bond donors (Lipinski definition) is 1. The van der Waals surface area contributed by atoms with Crippen LogP contribution in [-0.4, -0.2) is 24.7 Å². The first-order chi connectivity index (χ1) is 9.69. The summed E-state index contributed by atoms with van der Waals surface area (Å²) < 4.78 is 2.47. The quantitative estimate of drug-likeness (QED) is 0.781. The summed E-state index contributed by atoms with van der Waals surface area (Å²) in [6.07, 6.45) is 4.49. The maximum atomic E-state index is 4.39. The lowest BCUT2D eigenvalue weighted by Gasteiger charge is -2.04. The second-order valence-electron chi connectivity index (χ2n) is 4.26. The zero-order valence-corrected chi connectivity index (χ0v) is 13.5. The van der Waals surface area contributed by atoms with Gasteiger partial charge in [0.15, 0.2) is 5.65 Å². The molecule has 0 aliphatic heterocycles. The predicted octanol–water partition coefficient (Wildman–Crippen LogP) is 2.76. The molecule has 1 N–H and O–H groups in total. The number of aryl methyl sites for hydroxylation is 2. The van der Waals surface area contributed by atoms with E-state index in [9.17, 15) is 0 Å². The minimum Gasteiger partial charge on any atom is -0.363 e. The van der Waals surface area contributed by atoms with Gasteiger partial charge in [-0.15, -0.1) is 11.3 Å². The molecular weight excluding hydrogens is 340 g/mol. The van der Waals surface area contributed by atoms with Gasteiger partial charge in [0.2, 0.25) is 0 Å². The molecule has 0 saturated heterocycles. The molecule has 0 atom stereocenters. The molecule has 0 spiro atoms. The first-order valence-electron chi connectivity index (χ1n) is 6.19. The summed E-state index contributed by atoms with van der Waals surface area (Å²) in [6, 6.07) is 0. The smallest absolute Gasteiger partial charge is 0.164 e. The number of anilines is 1. The Morgan fingerprint density at radius 3 is 2.95 bits per heavy atom. The Balaban J connectivity index is 1.87. The molecule has 104 valence electrons. The van der Waals surface area contributed by atoms with Crippen LogP contribution in [0.15, 0.2) is 17.1 Å². The Morgan fingerprint density at radius 1 is 1.35 bits per heavy atom. The SMILES string of the molecule is CCc1cnc(CNc2ncnc3c2c(Br)nn3C)s1. The van der Waals surface area contributed by atoms with Gasteiger partial charge in [-0.25, -0.2) is 19.6 Å². The maximum Gasteiger partial charge on any atom is 0.164 e. The lowest BCUT2D eigenvalue weighted by atomic mass is 10.4. The fraction of sp³-hybridized carbons (Fsp3) is 0.333. The summed E-state index contributed by atoms with van der Waals surface area (Å²) in [6.45, 7) is 2.78. The van der Waals surface area contributed by atoms with Crippen molar-refractivity contribution in [1.82, 2.24) is 24.7 Å². The number of rotatable bonds is 4. The van der Waals surface area contributed by atoms with Crippen LogP contribution < -0.4 is 5.32 Å². The van der Waals surface area contributed by atoms with Crippen LogP contribution in [0.4, 0.5) is 5.82 Å². The summed E-state index contributed by atoms with van der Waals surface area (Å²) in [5.74, 6) is 0.767. The number of fused-ring (bicyclic) bond motifs is 1. The van der Waals surface area contributed by atoms with Crippen molar-refractivity contribution in [3.05, 3.63) is 27.0 Å². The van der Waals surface area contributed by atoms with E-state index in [2.05, 4.69) is 48.2 Å². The van der Waals surface area contributed by atoms with E-state index >= 15 is 0 Å². The summed E-state index contributed by atoms with van der Waals surface area (Å²) in [7, 11) is 1.86. The molecule has 8 heteroatoms. The molecule has 0 aromatic carbocycles. The van der Waals surface area contributed by atoms with E-state index in [0.717, 1.165) is 32.9 Å². The van der Waals surface area contributed by atoms with Crippen molar-refractivity contribution in [2.24, 2.45) is 7.05 Å². The van der Waals surface area contributed by atoms with Crippen molar-refractivity contribution < 1.29 is 0 Å². The lowest BCUT2D eigenvalue weighted by molar-refractivity contribution is 0.777. The van der Waals surface area contributed by atoms with Gasteiger partial charge >= 0.3 is 0 Å². The van der Waals surface area contributed by atoms with E-state index in [1.807, 2.05) is 13.2 Å². The van der Waals surface area contributed by atoms with E-state index in [-0.39, 0.29) is 0 Å². The minimum atomic E-state index is 0.651. The van der Waals surface area contributed by atoms with Gasteiger partial charge in [-0.2, -0.15) is 5.10 Å². The molecule has 3 rings (SSSR count). The molecular formula is C12H13BrN6S. The van der Waals surface area contributed by atoms with Gasteiger partial charge in [-0.05, 0) is 22.4 Å². The van der Waals surface area contributed by atoms with E-state index in [1.165, 1.54) is 11.2 Å². The van der Waals surface area contributed by atoms with Crippen LogP contribution in [-0.2, 0) is 20.0 Å². The zero-order valence-electron chi connectivity index (χ0n) is 11.1. The number of thiazole rings is 1. The van der Waals surface area contributed by atoms with Gasteiger partial charge in [0.05, 0.1) is 11.9 Å². The molecule has 3 heterocycles. The standard InChI is InChI=1S/C12H13BrN6S/c1-3-7-4-14-8(20-7)5-15-11-9-10(13)18-19(2)12(9)17-6-16-11/h4,6H,3,5H2,1-2H3,(H,15,16,17). The highest BCUT2D eigenvalue weighted by atomic mass is 79.9.